The first-order valence-electron chi connectivity index (χ1n) is 5.76. The van der Waals surface area contributed by atoms with Crippen LogP contribution in [0.2, 0.25) is 0 Å². The molecule has 3 heteroatoms. The predicted molar refractivity (Wildman–Crippen MR) is 68.9 cm³/mol. The lowest BCUT2D eigenvalue weighted by molar-refractivity contribution is 0.0980. The van der Waals surface area contributed by atoms with Crippen LogP contribution in [0.4, 0.5) is 0 Å². The number of aryl methyl sites for hydroxylation is 1. The summed E-state index contributed by atoms with van der Waals surface area (Å²) >= 11 is 0. The molecule has 0 saturated carbocycles. The number of carbonyl (C=O) groups is 1. The Morgan fingerprint density at radius 2 is 1.78 bits per heavy atom. The Bertz CT molecular complexity index is 561. The molecule has 92 valence electrons. The van der Waals surface area contributed by atoms with E-state index < -0.39 is 0 Å². The highest BCUT2D eigenvalue weighted by atomic mass is 16.3. The second kappa shape index (κ2) is 5.36. The minimum absolute atomic E-state index is 0.0124. The molecule has 2 aromatic rings. The van der Waals surface area contributed by atoms with E-state index in [2.05, 4.69) is 0 Å². The first-order valence-corrected chi connectivity index (χ1v) is 5.76. The Hall–Kier alpha value is -2.29. The van der Waals surface area contributed by atoms with Crippen LogP contribution in [0, 0.1) is 0 Å². The molecule has 0 heterocycles. The van der Waals surface area contributed by atoms with Crippen LogP contribution in [0.15, 0.2) is 48.5 Å². The summed E-state index contributed by atoms with van der Waals surface area (Å²) in [6.07, 6.45) is 0.850. The van der Waals surface area contributed by atoms with E-state index in [1.165, 1.54) is 6.07 Å². The topological polar surface area (TPSA) is 57.5 Å². The first kappa shape index (κ1) is 12.2. The number of carbonyl (C=O) groups excluding carboxylic acids is 1. The van der Waals surface area contributed by atoms with Crippen LogP contribution in [0.25, 0.3) is 0 Å². The van der Waals surface area contributed by atoms with Crippen LogP contribution < -0.4 is 0 Å². The largest absolute Gasteiger partial charge is 0.508 e. The van der Waals surface area contributed by atoms with Gasteiger partial charge < -0.3 is 10.2 Å². The monoisotopic (exact) mass is 242 g/mol. The van der Waals surface area contributed by atoms with Gasteiger partial charge in [0.25, 0.3) is 0 Å². The molecule has 0 saturated heterocycles. The second-order valence-corrected chi connectivity index (χ2v) is 4.11. The van der Waals surface area contributed by atoms with Crippen molar-refractivity contribution in [2.75, 3.05) is 0 Å². The number of phenols is 2. The average Bonchev–Trinajstić information content (AvgIpc) is 2.37. The highest BCUT2D eigenvalue weighted by Crippen LogP contribution is 2.19. The van der Waals surface area contributed by atoms with Crippen molar-refractivity contribution in [3.8, 4) is 11.5 Å². The minimum Gasteiger partial charge on any atom is -0.508 e. The molecule has 3 nitrogen and oxygen atoms in total. The van der Waals surface area contributed by atoms with Gasteiger partial charge in [0, 0.05) is 6.42 Å². The van der Waals surface area contributed by atoms with E-state index in [9.17, 15) is 15.0 Å². The summed E-state index contributed by atoms with van der Waals surface area (Å²) < 4.78 is 0. The molecular formula is C15H14O3. The lowest BCUT2D eigenvalue weighted by Crippen LogP contribution is -2.01. The number of aromatic hydroxyl groups is 2. The molecule has 0 aliphatic heterocycles. The molecule has 0 radical (unpaired) electrons. The number of ketones is 1. The summed E-state index contributed by atoms with van der Waals surface area (Å²) in [4.78, 5) is 11.9. The van der Waals surface area contributed by atoms with Crippen LogP contribution in [0.1, 0.15) is 22.3 Å². The summed E-state index contributed by atoms with van der Waals surface area (Å²) in [5.74, 6) is 0.109. The Kier molecular flexibility index (Phi) is 3.63. The first-order chi connectivity index (χ1) is 8.66. The molecule has 2 rings (SSSR count). The minimum atomic E-state index is -0.101. The van der Waals surface area contributed by atoms with Crippen LogP contribution >= 0.6 is 0 Å². The maximum atomic E-state index is 11.9. The third-order valence-corrected chi connectivity index (χ3v) is 2.76. The Balaban J connectivity index is 2.03. The molecule has 2 N–H and O–H groups in total. The van der Waals surface area contributed by atoms with Gasteiger partial charge in [-0.05, 0) is 36.2 Å². The molecule has 0 unspecified atom stereocenters. The second-order valence-electron chi connectivity index (χ2n) is 4.11. The molecule has 2 aromatic carbocycles. The van der Waals surface area contributed by atoms with Crippen molar-refractivity contribution in [1.29, 1.82) is 0 Å². The number of hydrogen-bond acceptors (Lipinski definition) is 3. The molecule has 0 fully saturated rings. The summed E-state index contributed by atoms with van der Waals surface area (Å²) in [6.45, 7) is 0. The predicted octanol–water partition coefficient (Wildman–Crippen LogP) is 2.91. The molecule has 0 atom stereocenters. The molecule has 0 amide bonds. The molecule has 0 aromatic heterocycles. The third-order valence-electron chi connectivity index (χ3n) is 2.76. The number of phenolic OH excluding ortho intramolecular Hbond substituents is 2. The van der Waals surface area contributed by atoms with Crippen molar-refractivity contribution in [3.63, 3.8) is 0 Å². The van der Waals surface area contributed by atoms with E-state index in [0.29, 0.717) is 18.4 Å². The van der Waals surface area contributed by atoms with E-state index in [0.717, 1.165) is 5.56 Å². The van der Waals surface area contributed by atoms with E-state index in [4.69, 9.17) is 0 Å². The molecule has 0 aliphatic rings. The zero-order chi connectivity index (χ0) is 13.0. The van der Waals surface area contributed by atoms with Gasteiger partial charge in [-0.15, -0.1) is 0 Å². The number of rotatable bonds is 4. The fourth-order valence-electron chi connectivity index (χ4n) is 1.81. The van der Waals surface area contributed by atoms with Gasteiger partial charge in [-0.1, -0.05) is 24.3 Å². The lowest BCUT2D eigenvalue weighted by atomic mass is 10.0. The van der Waals surface area contributed by atoms with Crippen molar-refractivity contribution >= 4 is 5.78 Å². The van der Waals surface area contributed by atoms with Gasteiger partial charge in [0.05, 0.1) is 5.56 Å². The fourth-order valence-corrected chi connectivity index (χ4v) is 1.81. The Labute approximate surface area is 105 Å². The molecule has 0 aliphatic carbocycles. The third kappa shape index (κ3) is 2.88. The molecule has 18 heavy (non-hydrogen) atoms. The number of Topliss-reactive ketones (excluding diaryl/α,β-unsaturated/α-hetero) is 1. The van der Waals surface area contributed by atoms with Gasteiger partial charge in [-0.3, -0.25) is 4.79 Å². The molecule has 0 bridgehead atoms. The maximum Gasteiger partial charge on any atom is 0.166 e. The zero-order valence-corrected chi connectivity index (χ0v) is 9.84. The van der Waals surface area contributed by atoms with Crippen molar-refractivity contribution in [3.05, 3.63) is 59.7 Å². The van der Waals surface area contributed by atoms with Gasteiger partial charge in [-0.2, -0.15) is 0 Å². The van der Waals surface area contributed by atoms with Gasteiger partial charge in [0.2, 0.25) is 0 Å². The van der Waals surface area contributed by atoms with E-state index >= 15 is 0 Å². The number of benzene rings is 2. The Morgan fingerprint density at radius 1 is 1.00 bits per heavy atom. The van der Waals surface area contributed by atoms with Crippen molar-refractivity contribution < 1.29 is 15.0 Å². The smallest absolute Gasteiger partial charge is 0.166 e. The van der Waals surface area contributed by atoms with Gasteiger partial charge in [0.1, 0.15) is 11.5 Å². The fraction of sp³-hybridized carbons (Fsp3) is 0.133. The average molecular weight is 242 g/mol. The van der Waals surface area contributed by atoms with Crippen molar-refractivity contribution in [1.82, 2.24) is 0 Å². The van der Waals surface area contributed by atoms with Crippen molar-refractivity contribution in [2.24, 2.45) is 0 Å². The van der Waals surface area contributed by atoms with Gasteiger partial charge in [-0.25, -0.2) is 0 Å². The van der Waals surface area contributed by atoms with Crippen LogP contribution in [0.3, 0.4) is 0 Å². The maximum absolute atomic E-state index is 11.9. The lowest BCUT2D eigenvalue weighted by Gasteiger charge is -2.04. The normalized spacial score (nSPS) is 10.2. The highest BCUT2D eigenvalue weighted by Gasteiger charge is 2.10. The van der Waals surface area contributed by atoms with Gasteiger partial charge >= 0.3 is 0 Å². The van der Waals surface area contributed by atoms with Crippen LogP contribution in [-0.2, 0) is 6.42 Å². The number of para-hydroxylation sites is 1. The standard InChI is InChI=1S/C15H14O3/c16-12-5-3-4-11(10-12)8-9-15(18)13-6-1-2-7-14(13)17/h1-7,10,16-17H,8-9H2. The van der Waals surface area contributed by atoms with Crippen molar-refractivity contribution in [2.45, 2.75) is 12.8 Å². The summed E-state index contributed by atoms with van der Waals surface area (Å²) in [5.41, 5.74) is 1.25. The molecule has 0 spiro atoms. The zero-order valence-electron chi connectivity index (χ0n) is 9.84. The Morgan fingerprint density at radius 3 is 2.50 bits per heavy atom. The quantitative estimate of drug-likeness (QED) is 0.810. The summed E-state index contributed by atoms with van der Waals surface area (Å²) in [6, 6.07) is 13.4. The number of hydrogen-bond donors (Lipinski definition) is 2. The van der Waals surface area contributed by atoms with E-state index in [-0.39, 0.29) is 17.3 Å². The van der Waals surface area contributed by atoms with E-state index in [1.54, 1.807) is 36.4 Å². The van der Waals surface area contributed by atoms with Crippen LogP contribution in [-0.4, -0.2) is 16.0 Å². The summed E-state index contributed by atoms with van der Waals surface area (Å²) in [5, 5.41) is 18.9. The van der Waals surface area contributed by atoms with E-state index in [1.807, 2.05) is 6.07 Å². The SMILES string of the molecule is O=C(CCc1cccc(O)c1)c1ccccc1O. The summed E-state index contributed by atoms with van der Waals surface area (Å²) in [7, 11) is 0. The highest BCUT2D eigenvalue weighted by molar-refractivity contribution is 5.98. The molecular weight excluding hydrogens is 228 g/mol. The van der Waals surface area contributed by atoms with Gasteiger partial charge in [0.15, 0.2) is 5.78 Å². The van der Waals surface area contributed by atoms with Crippen LogP contribution in [0.5, 0.6) is 11.5 Å².